The minimum atomic E-state index is -0.619. The van der Waals surface area contributed by atoms with Gasteiger partial charge in [-0.2, -0.15) is 0 Å². The van der Waals surface area contributed by atoms with Crippen LogP contribution in [0.5, 0.6) is 5.75 Å². The molecule has 5 nitrogen and oxygen atoms in total. The third-order valence-corrected chi connectivity index (χ3v) is 3.03. The lowest BCUT2D eigenvalue weighted by atomic mass is 9.97. The number of hydrogen-bond donors (Lipinski definition) is 1. The summed E-state index contributed by atoms with van der Waals surface area (Å²) >= 11 is 0. The number of hydrogen-bond acceptors (Lipinski definition) is 3. The summed E-state index contributed by atoms with van der Waals surface area (Å²) in [6.45, 7) is 3.82. The fourth-order valence-corrected chi connectivity index (χ4v) is 2.22. The Labute approximate surface area is 104 Å². The molecule has 2 N–H and O–H groups in total. The largest absolute Gasteiger partial charge is 0.486 e. The Hall–Kier alpha value is -1.78. The molecular formula is C12H15FN4O. The fraction of sp³-hybridized carbons (Fsp3) is 0.500. The third kappa shape index (κ3) is 2.25. The highest BCUT2D eigenvalue weighted by Gasteiger charge is 2.36. The van der Waals surface area contributed by atoms with Gasteiger partial charge >= 0.3 is 0 Å². The summed E-state index contributed by atoms with van der Waals surface area (Å²) in [4.78, 5) is 2.73. The molecule has 2 rings (SSSR count). The molecule has 0 amide bonds. The van der Waals surface area contributed by atoms with E-state index >= 15 is 0 Å². The minimum absolute atomic E-state index is 0.207. The highest BCUT2D eigenvalue weighted by Crippen LogP contribution is 2.40. The lowest BCUT2D eigenvalue weighted by Crippen LogP contribution is -2.33. The molecule has 1 aliphatic heterocycles. The number of benzene rings is 1. The molecule has 1 heterocycles. The van der Waals surface area contributed by atoms with Gasteiger partial charge in [0.05, 0.1) is 6.54 Å². The predicted molar refractivity (Wildman–Crippen MR) is 65.8 cm³/mol. The Morgan fingerprint density at radius 2 is 2.39 bits per heavy atom. The molecule has 96 valence electrons. The lowest BCUT2D eigenvalue weighted by Gasteiger charge is -2.22. The summed E-state index contributed by atoms with van der Waals surface area (Å²) in [5.74, 6) is 0.305. The zero-order valence-electron chi connectivity index (χ0n) is 10.4. The molecule has 0 spiro atoms. The molecular weight excluding hydrogens is 235 g/mol. The van der Waals surface area contributed by atoms with Crippen molar-refractivity contribution < 1.29 is 9.13 Å². The van der Waals surface area contributed by atoms with E-state index in [9.17, 15) is 4.39 Å². The predicted octanol–water partition coefficient (Wildman–Crippen LogP) is 2.85. The van der Waals surface area contributed by atoms with Gasteiger partial charge in [0, 0.05) is 28.5 Å². The van der Waals surface area contributed by atoms with Crippen LogP contribution in [0.3, 0.4) is 0 Å². The van der Waals surface area contributed by atoms with Gasteiger partial charge < -0.3 is 10.5 Å². The molecule has 0 radical (unpaired) electrons. The first-order chi connectivity index (χ1) is 8.45. The van der Waals surface area contributed by atoms with Crippen LogP contribution in [0.25, 0.3) is 10.4 Å². The second kappa shape index (κ2) is 4.48. The van der Waals surface area contributed by atoms with Gasteiger partial charge in [0.15, 0.2) is 0 Å². The van der Waals surface area contributed by atoms with Gasteiger partial charge in [0.2, 0.25) is 0 Å². The molecule has 0 aromatic heterocycles. The van der Waals surface area contributed by atoms with Crippen LogP contribution in [0, 0.1) is 5.82 Å². The average Bonchev–Trinajstić information content (AvgIpc) is 2.62. The molecule has 18 heavy (non-hydrogen) atoms. The smallest absolute Gasteiger partial charge is 0.128 e. The zero-order chi connectivity index (χ0) is 13.3. The van der Waals surface area contributed by atoms with Crippen LogP contribution in [-0.4, -0.2) is 12.1 Å². The molecule has 1 aliphatic rings. The van der Waals surface area contributed by atoms with Crippen LogP contribution < -0.4 is 10.5 Å². The Morgan fingerprint density at radius 3 is 3.00 bits per heavy atom. The van der Waals surface area contributed by atoms with Crippen molar-refractivity contribution in [3.63, 3.8) is 0 Å². The minimum Gasteiger partial charge on any atom is -0.486 e. The second-order valence-electron chi connectivity index (χ2n) is 4.89. The molecule has 0 fully saturated rings. The molecule has 1 aromatic carbocycles. The van der Waals surface area contributed by atoms with Crippen LogP contribution >= 0.6 is 0 Å². The standard InChI is InChI=1S/C12H15FN4O/c1-7(14)10-4-9(13)3-8-5-12(2,6-16-17-15)18-11(8)10/h3-4,7H,5-6,14H2,1-2H3/t7?,12-/m0/s1. The van der Waals surface area contributed by atoms with Crippen LogP contribution in [0.15, 0.2) is 17.2 Å². The molecule has 0 saturated carbocycles. The van der Waals surface area contributed by atoms with Crippen LogP contribution in [0.4, 0.5) is 4.39 Å². The first-order valence-corrected chi connectivity index (χ1v) is 5.73. The summed E-state index contributed by atoms with van der Waals surface area (Å²) < 4.78 is 19.3. The number of ether oxygens (including phenoxy) is 1. The quantitative estimate of drug-likeness (QED) is 0.508. The van der Waals surface area contributed by atoms with Gasteiger partial charge in [-0.1, -0.05) is 5.11 Å². The SMILES string of the molecule is CC(N)c1cc(F)cc2c1O[C@](C)(CN=[N+]=[N-])C2. The normalized spacial score (nSPS) is 22.9. The molecule has 2 atom stereocenters. The van der Waals surface area contributed by atoms with Crippen molar-refractivity contribution >= 4 is 0 Å². The van der Waals surface area contributed by atoms with E-state index in [4.69, 9.17) is 16.0 Å². The zero-order valence-corrected chi connectivity index (χ0v) is 10.4. The van der Waals surface area contributed by atoms with Crippen molar-refractivity contribution in [3.8, 4) is 5.75 Å². The third-order valence-electron chi connectivity index (χ3n) is 3.03. The summed E-state index contributed by atoms with van der Waals surface area (Å²) in [7, 11) is 0. The van der Waals surface area contributed by atoms with E-state index in [0.717, 1.165) is 5.56 Å². The number of azide groups is 1. The molecule has 0 aliphatic carbocycles. The van der Waals surface area contributed by atoms with Crippen molar-refractivity contribution in [2.75, 3.05) is 6.54 Å². The van der Waals surface area contributed by atoms with E-state index < -0.39 is 5.60 Å². The average molecular weight is 250 g/mol. The first-order valence-electron chi connectivity index (χ1n) is 5.73. The topological polar surface area (TPSA) is 84.0 Å². The van der Waals surface area contributed by atoms with E-state index in [1.807, 2.05) is 6.92 Å². The summed E-state index contributed by atoms with van der Waals surface area (Å²) in [6, 6.07) is 2.53. The molecule has 6 heteroatoms. The Bertz CT molecular complexity index is 525. The van der Waals surface area contributed by atoms with Gasteiger partial charge in [-0.05, 0) is 31.5 Å². The van der Waals surface area contributed by atoms with Crippen LogP contribution in [0.2, 0.25) is 0 Å². The maximum Gasteiger partial charge on any atom is 0.128 e. The highest BCUT2D eigenvalue weighted by molar-refractivity contribution is 5.47. The Balaban J connectivity index is 2.39. The van der Waals surface area contributed by atoms with Gasteiger partial charge in [-0.3, -0.25) is 0 Å². The van der Waals surface area contributed by atoms with E-state index in [-0.39, 0.29) is 18.4 Å². The Morgan fingerprint density at radius 1 is 1.67 bits per heavy atom. The molecule has 1 unspecified atom stereocenters. The number of nitrogens with zero attached hydrogens (tertiary/aromatic N) is 3. The molecule has 0 saturated heterocycles. The maximum atomic E-state index is 13.5. The second-order valence-corrected chi connectivity index (χ2v) is 4.89. The fourth-order valence-electron chi connectivity index (χ4n) is 2.22. The number of halogens is 1. The molecule has 0 bridgehead atoms. The molecule has 1 aromatic rings. The van der Waals surface area contributed by atoms with Crippen molar-refractivity contribution in [2.24, 2.45) is 10.8 Å². The first kappa shape index (κ1) is 12.7. The lowest BCUT2D eigenvalue weighted by molar-refractivity contribution is 0.124. The van der Waals surface area contributed by atoms with Crippen molar-refractivity contribution in [1.29, 1.82) is 0 Å². The van der Waals surface area contributed by atoms with Crippen LogP contribution in [0.1, 0.15) is 31.0 Å². The van der Waals surface area contributed by atoms with E-state index in [2.05, 4.69) is 10.0 Å². The van der Waals surface area contributed by atoms with E-state index in [1.54, 1.807) is 6.92 Å². The van der Waals surface area contributed by atoms with E-state index in [1.165, 1.54) is 12.1 Å². The maximum absolute atomic E-state index is 13.5. The highest BCUT2D eigenvalue weighted by atomic mass is 19.1. The number of fused-ring (bicyclic) bond motifs is 1. The van der Waals surface area contributed by atoms with Gasteiger partial charge in [-0.25, -0.2) is 4.39 Å². The van der Waals surface area contributed by atoms with Crippen molar-refractivity contribution in [1.82, 2.24) is 0 Å². The monoisotopic (exact) mass is 250 g/mol. The Kier molecular flexibility index (Phi) is 3.15. The van der Waals surface area contributed by atoms with Gasteiger partial charge in [0.25, 0.3) is 0 Å². The number of nitrogens with two attached hydrogens (primary N) is 1. The summed E-state index contributed by atoms with van der Waals surface area (Å²) in [5.41, 5.74) is 15.0. The summed E-state index contributed by atoms with van der Waals surface area (Å²) in [5, 5.41) is 3.54. The number of rotatable bonds is 3. The van der Waals surface area contributed by atoms with Crippen LogP contribution in [-0.2, 0) is 6.42 Å². The summed E-state index contributed by atoms with van der Waals surface area (Å²) in [6.07, 6.45) is 0.513. The van der Waals surface area contributed by atoms with Gasteiger partial charge in [-0.15, -0.1) is 0 Å². The van der Waals surface area contributed by atoms with Crippen molar-refractivity contribution in [2.45, 2.75) is 31.9 Å². The van der Waals surface area contributed by atoms with Gasteiger partial charge in [0.1, 0.15) is 17.2 Å². The van der Waals surface area contributed by atoms with E-state index in [0.29, 0.717) is 17.7 Å². The van der Waals surface area contributed by atoms with Crippen molar-refractivity contribution in [3.05, 3.63) is 39.5 Å².